The molecule has 1 atom stereocenters. The second-order valence-corrected chi connectivity index (χ2v) is 4.66. The number of aromatic nitrogens is 1. The molecule has 0 bridgehead atoms. The van der Waals surface area contributed by atoms with Crippen molar-refractivity contribution in [1.82, 2.24) is 9.88 Å². The molecule has 92 valence electrons. The first-order valence-corrected chi connectivity index (χ1v) is 6.04. The van der Waals surface area contributed by atoms with Crippen molar-refractivity contribution in [2.75, 3.05) is 20.3 Å². The minimum atomic E-state index is 0.415. The van der Waals surface area contributed by atoms with Gasteiger partial charge in [0, 0.05) is 31.6 Å². The number of nitrogens with one attached hydrogen (secondary N) is 1. The van der Waals surface area contributed by atoms with Crippen LogP contribution in [0.3, 0.4) is 0 Å². The number of rotatable bonds is 7. The second kappa shape index (κ2) is 6.71. The Morgan fingerprint density at radius 2 is 2.12 bits per heavy atom. The van der Waals surface area contributed by atoms with Crippen LogP contribution >= 0.6 is 0 Å². The first kappa shape index (κ1) is 13.3. The molecule has 1 aromatic heterocycles. The zero-order valence-electron chi connectivity index (χ0n) is 10.9. The number of hydrogen-bond donors (Lipinski definition) is 1. The lowest BCUT2D eigenvalue weighted by Gasteiger charge is -2.08. The van der Waals surface area contributed by atoms with Crippen LogP contribution in [0.25, 0.3) is 0 Å². The standard InChI is InChI=1S/C13H24N2O/c1-11(2)10-16-8-7-15-6-5-13(9-15)12(3)14-4/h5-6,9,11-12,14H,7-8,10H2,1-4H3. The molecule has 16 heavy (non-hydrogen) atoms. The Balaban J connectivity index is 2.29. The van der Waals surface area contributed by atoms with Crippen LogP contribution < -0.4 is 5.32 Å². The monoisotopic (exact) mass is 224 g/mol. The third-order valence-corrected chi connectivity index (χ3v) is 2.65. The van der Waals surface area contributed by atoms with Crippen LogP contribution in [0.2, 0.25) is 0 Å². The molecule has 1 rings (SSSR count). The Labute approximate surface area is 98.8 Å². The van der Waals surface area contributed by atoms with E-state index in [2.05, 4.69) is 49.1 Å². The summed E-state index contributed by atoms with van der Waals surface area (Å²) in [5, 5.41) is 3.23. The summed E-state index contributed by atoms with van der Waals surface area (Å²) in [6, 6.07) is 2.57. The van der Waals surface area contributed by atoms with Crippen molar-refractivity contribution >= 4 is 0 Å². The van der Waals surface area contributed by atoms with E-state index in [4.69, 9.17) is 4.74 Å². The molecule has 0 saturated heterocycles. The van der Waals surface area contributed by atoms with E-state index < -0.39 is 0 Å². The molecule has 0 aliphatic rings. The van der Waals surface area contributed by atoms with Crippen LogP contribution in [0.1, 0.15) is 32.4 Å². The van der Waals surface area contributed by atoms with Crippen LogP contribution in [-0.2, 0) is 11.3 Å². The summed E-state index contributed by atoms with van der Waals surface area (Å²) < 4.78 is 7.74. The lowest BCUT2D eigenvalue weighted by molar-refractivity contribution is 0.103. The smallest absolute Gasteiger partial charge is 0.0645 e. The normalized spacial score (nSPS) is 13.3. The fourth-order valence-corrected chi connectivity index (χ4v) is 1.51. The predicted molar refractivity (Wildman–Crippen MR) is 67.6 cm³/mol. The van der Waals surface area contributed by atoms with Gasteiger partial charge in [0.2, 0.25) is 0 Å². The van der Waals surface area contributed by atoms with Crippen LogP contribution in [0.5, 0.6) is 0 Å². The van der Waals surface area contributed by atoms with Gasteiger partial charge in [-0.25, -0.2) is 0 Å². The molecule has 1 heterocycles. The van der Waals surface area contributed by atoms with E-state index in [9.17, 15) is 0 Å². The highest BCUT2D eigenvalue weighted by molar-refractivity contribution is 5.14. The van der Waals surface area contributed by atoms with E-state index in [1.165, 1.54) is 5.56 Å². The molecule has 1 unspecified atom stereocenters. The van der Waals surface area contributed by atoms with Crippen molar-refractivity contribution in [2.45, 2.75) is 33.4 Å². The zero-order valence-corrected chi connectivity index (χ0v) is 10.9. The highest BCUT2D eigenvalue weighted by atomic mass is 16.5. The van der Waals surface area contributed by atoms with Gasteiger partial charge in [0.15, 0.2) is 0 Å². The van der Waals surface area contributed by atoms with E-state index in [0.717, 1.165) is 19.8 Å². The highest BCUT2D eigenvalue weighted by Crippen LogP contribution is 2.11. The van der Waals surface area contributed by atoms with E-state index >= 15 is 0 Å². The zero-order chi connectivity index (χ0) is 12.0. The summed E-state index contributed by atoms with van der Waals surface area (Å²) in [4.78, 5) is 0. The lowest BCUT2D eigenvalue weighted by atomic mass is 10.2. The van der Waals surface area contributed by atoms with Crippen LogP contribution in [0.15, 0.2) is 18.5 Å². The summed E-state index contributed by atoms with van der Waals surface area (Å²) in [5.41, 5.74) is 1.33. The number of hydrogen-bond acceptors (Lipinski definition) is 2. The fourth-order valence-electron chi connectivity index (χ4n) is 1.51. The SMILES string of the molecule is CNC(C)c1ccn(CCOCC(C)C)c1. The van der Waals surface area contributed by atoms with Gasteiger partial charge in [-0.3, -0.25) is 0 Å². The molecular formula is C13H24N2O. The first-order chi connectivity index (χ1) is 7.63. The van der Waals surface area contributed by atoms with E-state index in [0.29, 0.717) is 12.0 Å². The average molecular weight is 224 g/mol. The van der Waals surface area contributed by atoms with E-state index in [-0.39, 0.29) is 0 Å². The Morgan fingerprint density at radius 1 is 1.38 bits per heavy atom. The highest BCUT2D eigenvalue weighted by Gasteiger charge is 2.03. The van der Waals surface area contributed by atoms with Crippen molar-refractivity contribution < 1.29 is 4.74 Å². The van der Waals surface area contributed by atoms with Gasteiger partial charge in [0.1, 0.15) is 0 Å². The third-order valence-electron chi connectivity index (χ3n) is 2.65. The van der Waals surface area contributed by atoms with Crippen molar-refractivity contribution in [3.8, 4) is 0 Å². The maximum Gasteiger partial charge on any atom is 0.0645 e. The Bertz CT molecular complexity index is 294. The molecule has 0 radical (unpaired) electrons. The molecule has 3 nitrogen and oxygen atoms in total. The average Bonchev–Trinajstić information content (AvgIpc) is 2.71. The van der Waals surface area contributed by atoms with Crippen molar-refractivity contribution in [1.29, 1.82) is 0 Å². The van der Waals surface area contributed by atoms with Gasteiger partial charge in [-0.2, -0.15) is 0 Å². The van der Waals surface area contributed by atoms with Gasteiger partial charge in [-0.1, -0.05) is 13.8 Å². The number of ether oxygens (including phenoxy) is 1. The van der Waals surface area contributed by atoms with Gasteiger partial charge in [-0.05, 0) is 31.5 Å². The molecule has 0 aliphatic carbocycles. The molecular weight excluding hydrogens is 200 g/mol. The summed E-state index contributed by atoms with van der Waals surface area (Å²) in [5.74, 6) is 0.615. The fraction of sp³-hybridized carbons (Fsp3) is 0.692. The Kier molecular flexibility index (Phi) is 5.56. The predicted octanol–water partition coefficient (Wildman–Crippen LogP) is 2.44. The maximum absolute atomic E-state index is 5.56. The van der Waals surface area contributed by atoms with E-state index in [1.807, 2.05) is 7.05 Å². The third kappa shape index (κ3) is 4.37. The molecule has 0 spiro atoms. The van der Waals surface area contributed by atoms with E-state index in [1.54, 1.807) is 0 Å². The number of nitrogens with zero attached hydrogens (tertiary/aromatic N) is 1. The topological polar surface area (TPSA) is 26.2 Å². The maximum atomic E-state index is 5.56. The molecule has 0 aliphatic heterocycles. The van der Waals surface area contributed by atoms with Crippen molar-refractivity contribution in [3.05, 3.63) is 24.0 Å². The molecule has 1 aromatic rings. The van der Waals surface area contributed by atoms with Crippen molar-refractivity contribution in [3.63, 3.8) is 0 Å². The summed E-state index contributed by atoms with van der Waals surface area (Å²) in [7, 11) is 1.98. The summed E-state index contributed by atoms with van der Waals surface area (Å²) in [6.07, 6.45) is 4.29. The summed E-state index contributed by atoms with van der Waals surface area (Å²) >= 11 is 0. The largest absolute Gasteiger partial charge is 0.379 e. The van der Waals surface area contributed by atoms with Crippen LogP contribution in [-0.4, -0.2) is 24.8 Å². The van der Waals surface area contributed by atoms with Crippen LogP contribution in [0, 0.1) is 5.92 Å². The molecule has 3 heteroatoms. The minimum absolute atomic E-state index is 0.415. The van der Waals surface area contributed by atoms with Gasteiger partial charge in [-0.15, -0.1) is 0 Å². The molecule has 0 fully saturated rings. The molecule has 1 N–H and O–H groups in total. The Morgan fingerprint density at radius 3 is 2.75 bits per heavy atom. The minimum Gasteiger partial charge on any atom is -0.379 e. The van der Waals surface area contributed by atoms with Gasteiger partial charge in [0.05, 0.1) is 6.61 Å². The quantitative estimate of drug-likeness (QED) is 0.720. The van der Waals surface area contributed by atoms with Gasteiger partial charge < -0.3 is 14.6 Å². The summed E-state index contributed by atoms with van der Waals surface area (Å²) in [6.45, 7) is 9.07. The molecule has 0 aromatic carbocycles. The molecule has 0 amide bonds. The van der Waals surface area contributed by atoms with Gasteiger partial charge in [0.25, 0.3) is 0 Å². The van der Waals surface area contributed by atoms with Crippen LogP contribution in [0.4, 0.5) is 0 Å². The lowest BCUT2D eigenvalue weighted by Crippen LogP contribution is -2.12. The van der Waals surface area contributed by atoms with Crippen molar-refractivity contribution in [2.24, 2.45) is 5.92 Å². The first-order valence-electron chi connectivity index (χ1n) is 6.04. The van der Waals surface area contributed by atoms with Gasteiger partial charge >= 0.3 is 0 Å². The second-order valence-electron chi connectivity index (χ2n) is 4.66. The molecule has 0 saturated carbocycles. The Hall–Kier alpha value is -0.800.